The van der Waals surface area contributed by atoms with E-state index in [-0.39, 0.29) is 11.3 Å². The van der Waals surface area contributed by atoms with Gasteiger partial charge in [-0.1, -0.05) is 0 Å². The zero-order chi connectivity index (χ0) is 15.6. The number of carbonyl (C=O) groups is 1. The third-order valence-corrected chi connectivity index (χ3v) is 4.25. The Hall–Kier alpha value is -2.41. The maximum Gasteiger partial charge on any atom is 0.282 e. The van der Waals surface area contributed by atoms with Gasteiger partial charge < -0.3 is 11.1 Å². The number of nitrogen functional groups attached to an aromatic ring is 1. The molecule has 7 heteroatoms. The highest BCUT2D eigenvalue weighted by Crippen LogP contribution is 2.23. The van der Waals surface area contributed by atoms with Gasteiger partial charge in [0.05, 0.1) is 11.5 Å². The van der Waals surface area contributed by atoms with Gasteiger partial charge in [0, 0.05) is 21.5 Å². The molecule has 2 rings (SSSR count). The second-order valence-electron chi connectivity index (χ2n) is 4.67. The molecule has 1 heterocycles. The minimum atomic E-state index is -0.589. The zero-order valence-electron chi connectivity index (χ0n) is 11.7. The SMILES string of the molecule is Cc1cc(CNC(=O)c2cc(N)ccc2[N+](=O)[O-])sc1C. The summed E-state index contributed by atoms with van der Waals surface area (Å²) in [4.78, 5) is 24.7. The first-order chi connectivity index (χ1) is 9.88. The van der Waals surface area contributed by atoms with Crippen molar-refractivity contribution in [3.05, 3.63) is 55.3 Å². The summed E-state index contributed by atoms with van der Waals surface area (Å²) >= 11 is 1.59. The third kappa shape index (κ3) is 3.38. The van der Waals surface area contributed by atoms with E-state index < -0.39 is 10.8 Å². The number of carbonyl (C=O) groups excluding carboxylic acids is 1. The number of aryl methyl sites for hydroxylation is 2. The van der Waals surface area contributed by atoms with Gasteiger partial charge in [-0.15, -0.1) is 11.3 Å². The topological polar surface area (TPSA) is 98.3 Å². The van der Waals surface area contributed by atoms with E-state index in [2.05, 4.69) is 5.32 Å². The molecule has 1 amide bonds. The average Bonchev–Trinajstić information content (AvgIpc) is 2.74. The van der Waals surface area contributed by atoms with Crippen molar-refractivity contribution in [2.75, 3.05) is 5.73 Å². The molecule has 1 aromatic carbocycles. The van der Waals surface area contributed by atoms with Crippen LogP contribution in [0.1, 0.15) is 25.7 Å². The molecule has 1 aromatic heterocycles. The molecule has 0 fully saturated rings. The summed E-state index contributed by atoms with van der Waals surface area (Å²) in [6.45, 7) is 4.35. The van der Waals surface area contributed by atoms with Gasteiger partial charge >= 0.3 is 0 Å². The van der Waals surface area contributed by atoms with Gasteiger partial charge in [-0.05, 0) is 37.6 Å². The molecular weight excluding hydrogens is 290 g/mol. The zero-order valence-corrected chi connectivity index (χ0v) is 12.5. The fourth-order valence-electron chi connectivity index (χ4n) is 1.89. The average molecular weight is 305 g/mol. The quantitative estimate of drug-likeness (QED) is 0.515. The highest BCUT2D eigenvalue weighted by atomic mass is 32.1. The highest BCUT2D eigenvalue weighted by molar-refractivity contribution is 7.12. The van der Waals surface area contributed by atoms with E-state index in [9.17, 15) is 14.9 Å². The summed E-state index contributed by atoms with van der Waals surface area (Å²) in [6, 6.07) is 5.96. The first-order valence-corrected chi connectivity index (χ1v) is 7.08. The Bertz CT molecular complexity index is 690. The Morgan fingerprint density at radius 1 is 1.38 bits per heavy atom. The van der Waals surface area contributed by atoms with E-state index >= 15 is 0 Å². The number of rotatable bonds is 4. The number of amides is 1. The van der Waals surface area contributed by atoms with Crippen LogP contribution in [-0.4, -0.2) is 10.8 Å². The van der Waals surface area contributed by atoms with Crippen LogP contribution < -0.4 is 11.1 Å². The predicted molar refractivity (Wildman–Crippen MR) is 82.5 cm³/mol. The summed E-state index contributed by atoms with van der Waals surface area (Å²) in [5, 5.41) is 13.6. The molecule has 0 bridgehead atoms. The molecular formula is C14H15N3O3S. The lowest BCUT2D eigenvalue weighted by atomic mass is 10.1. The molecule has 0 unspecified atom stereocenters. The molecule has 0 aliphatic rings. The smallest absolute Gasteiger partial charge is 0.282 e. The number of nitrogens with two attached hydrogens (primary N) is 1. The van der Waals surface area contributed by atoms with Gasteiger partial charge in [0.2, 0.25) is 0 Å². The second kappa shape index (κ2) is 5.92. The van der Waals surface area contributed by atoms with Crippen molar-refractivity contribution in [2.24, 2.45) is 0 Å². The number of nitrogens with zero attached hydrogens (tertiary/aromatic N) is 1. The fourth-order valence-corrected chi connectivity index (χ4v) is 2.89. The lowest BCUT2D eigenvalue weighted by Gasteiger charge is -2.05. The van der Waals surface area contributed by atoms with Gasteiger partial charge in [-0.2, -0.15) is 0 Å². The second-order valence-corrected chi connectivity index (χ2v) is 6.01. The van der Waals surface area contributed by atoms with Crippen LogP contribution in [0.5, 0.6) is 0 Å². The van der Waals surface area contributed by atoms with Crippen LogP contribution in [0.3, 0.4) is 0 Å². The molecule has 0 saturated heterocycles. The van der Waals surface area contributed by atoms with E-state index in [1.165, 1.54) is 28.6 Å². The van der Waals surface area contributed by atoms with Crippen LogP contribution in [0, 0.1) is 24.0 Å². The number of benzene rings is 1. The Morgan fingerprint density at radius 2 is 2.10 bits per heavy atom. The third-order valence-electron chi connectivity index (χ3n) is 3.10. The molecule has 3 N–H and O–H groups in total. The molecule has 0 atom stereocenters. The molecule has 21 heavy (non-hydrogen) atoms. The number of anilines is 1. The monoisotopic (exact) mass is 305 g/mol. The lowest BCUT2D eigenvalue weighted by Crippen LogP contribution is -2.23. The van der Waals surface area contributed by atoms with E-state index in [0.29, 0.717) is 12.2 Å². The number of nitro groups is 1. The van der Waals surface area contributed by atoms with Crippen molar-refractivity contribution in [3.8, 4) is 0 Å². The molecule has 0 spiro atoms. The van der Waals surface area contributed by atoms with Crippen molar-refractivity contribution in [2.45, 2.75) is 20.4 Å². The Kier molecular flexibility index (Phi) is 4.23. The van der Waals surface area contributed by atoms with Gasteiger partial charge in [-0.3, -0.25) is 14.9 Å². The summed E-state index contributed by atoms with van der Waals surface area (Å²) in [6.07, 6.45) is 0. The van der Waals surface area contributed by atoms with Gasteiger partial charge in [-0.25, -0.2) is 0 Å². The maximum absolute atomic E-state index is 12.1. The number of hydrogen-bond donors (Lipinski definition) is 2. The summed E-state index contributed by atoms with van der Waals surface area (Å²) < 4.78 is 0. The first kappa shape index (κ1) is 15.0. The van der Waals surface area contributed by atoms with Crippen molar-refractivity contribution in [3.63, 3.8) is 0 Å². The molecule has 2 aromatic rings. The van der Waals surface area contributed by atoms with Crippen LogP contribution in [0.25, 0.3) is 0 Å². The maximum atomic E-state index is 12.1. The number of hydrogen-bond acceptors (Lipinski definition) is 5. The van der Waals surface area contributed by atoms with Crippen LogP contribution >= 0.6 is 11.3 Å². The molecule has 0 saturated carbocycles. The predicted octanol–water partition coefficient (Wildman–Crippen LogP) is 2.79. The summed E-state index contributed by atoms with van der Waals surface area (Å²) in [5.41, 5.74) is 6.80. The van der Waals surface area contributed by atoms with Crippen molar-refractivity contribution in [1.29, 1.82) is 0 Å². The minimum absolute atomic E-state index is 0.0231. The van der Waals surface area contributed by atoms with Gasteiger partial charge in [0.1, 0.15) is 5.56 Å². The van der Waals surface area contributed by atoms with E-state index in [1.807, 2.05) is 19.9 Å². The molecule has 110 valence electrons. The molecule has 0 aliphatic carbocycles. The first-order valence-electron chi connectivity index (χ1n) is 6.26. The number of nitrogens with one attached hydrogen (secondary N) is 1. The van der Waals surface area contributed by atoms with Crippen molar-refractivity contribution >= 4 is 28.6 Å². The lowest BCUT2D eigenvalue weighted by molar-refractivity contribution is -0.385. The van der Waals surface area contributed by atoms with E-state index in [0.717, 1.165) is 4.88 Å². The van der Waals surface area contributed by atoms with Gasteiger partial charge in [0.15, 0.2) is 0 Å². The standard InChI is InChI=1S/C14H15N3O3S/c1-8-5-11(21-9(8)2)7-16-14(18)12-6-10(15)3-4-13(12)17(19)20/h3-6H,7,15H2,1-2H3,(H,16,18). The fraction of sp³-hybridized carbons (Fsp3) is 0.214. The van der Waals surface area contributed by atoms with E-state index in [4.69, 9.17) is 5.73 Å². The molecule has 0 radical (unpaired) electrons. The Balaban J connectivity index is 2.16. The van der Waals surface area contributed by atoms with Crippen LogP contribution in [0.4, 0.5) is 11.4 Å². The molecule has 6 nitrogen and oxygen atoms in total. The van der Waals surface area contributed by atoms with Crippen LogP contribution in [0.15, 0.2) is 24.3 Å². The normalized spacial score (nSPS) is 10.4. The Labute approximate surface area is 125 Å². The van der Waals surface area contributed by atoms with Gasteiger partial charge in [0.25, 0.3) is 11.6 Å². The number of thiophene rings is 1. The summed E-state index contributed by atoms with van der Waals surface area (Å²) in [5.74, 6) is -0.502. The van der Waals surface area contributed by atoms with Crippen molar-refractivity contribution < 1.29 is 9.72 Å². The summed E-state index contributed by atoms with van der Waals surface area (Å²) in [7, 11) is 0. The minimum Gasteiger partial charge on any atom is -0.399 e. The highest BCUT2D eigenvalue weighted by Gasteiger charge is 2.20. The largest absolute Gasteiger partial charge is 0.399 e. The van der Waals surface area contributed by atoms with E-state index in [1.54, 1.807) is 11.3 Å². The Morgan fingerprint density at radius 3 is 2.67 bits per heavy atom. The van der Waals surface area contributed by atoms with Crippen LogP contribution in [-0.2, 0) is 6.54 Å². The number of nitro benzene ring substituents is 1. The van der Waals surface area contributed by atoms with Crippen LogP contribution in [0.2, 0.25) is 0 Å². The van der Waals surface area contributed by atoms with Crippen molar-refractivity contribution in [1.82, 2.24) is 5.32 Å². The molecule has 0 aliphatic heterocycles.